The first kappa shape index (κ1) is 7.94. The largest absolute Gasteiger partial charge is 0.443 e. The average Bonchev–Trinajstić information content (AvgIpc) is 2.67. The smallest absolute Gasteiger partial charge is 0.245 e. The van der Waals surface area contributed by atoms with Crippen molar-refractivity contribution in [2.24, 2.45) is 5.73 Å². The topological polar surface area (TPSA) is 64.9 Å². The van der Waals surface area contributed by atoms with E-state index in [0.717, 1.165) is 11.4 Å². The molecule has 0 saturated heterocycles. The van der Waals surface area contributed by atoms with Crippen LogP contribution < -0.4 is 5.73 Å². The predicted octanol–water partition coefficient (Wildman–Crippen LogP) is 1.20. The van der Waals surface area contributed by atoms with Crippen LogP contribution in [0.1, 0.15) is 5.69 Å². The third-order valence-electron chi connectivity index (χ3n) is 1.64. The summed E-state index contributed by atoms with van der Waals surface area (Å²) in [5.74, 6) is 0.515. The Balaban J connectivity index is 2.36. The van der Waals surface area contributed by atoms with Crippen molar-refractivity contribution < 1.29 is 4.42 Å². The summed E-state index contributed by atoms with van der Waals surface area (Å²) in [6, 6.07) is 5.57. The van der Waals surface area contributed by atoms with Crippen LogP contribution in [-0.2, 0) is 6.54 Å². The number of oxazole rings is 1. The normalized spacial score (nSPS) is 10.2. The molecule has 0 radical (unpaired) electrons. The summed E-state index contributed by atoms with van der Waals surface area (Å²) in [5.41, 5.74) is 6.86. The highest BCUT2D eigenvalue weighted by atomic mass is 16.3. The van der Waals surface area contributed by atoms with Crippen molar-refractivity contribution in [3.63, 3.8) is 0 Å². The lowest BCUT2D eigenvalue weighted by molar-refractivity contribution is 0.570. The van der Waals surface area contributed by atoms with Crippen LogP contribution in [0.3, 0.4) is 0 Å². The molecular formula is C9H9N3O. The Kier molecular flexibility index (Phi) is 2.06. The van der Waals surface area contributed by atoms with Crippen LogP contribution in [0.15, 0.2) is 35.1 Å². The van der Waals surface area contributed by atoms with Crippen LogP contribution in [0.2, 0.25) is 0 Å². The second-order valence-electron chi connectivity index (χ2n) is 2.56. The molecule has 0 saturated carbocycles. The molecule has 0 aliphatic rings. The van der Waals surface area contributed by atoms with Gasteiger partial charge >= 0.3 is 0 Å². The molecule has 2 N–H and O–H groups in total. The fourth-order valence-corrected chi connectivity index (χ4v) is 1.01. The van der Waals surface area contributed by atoms with Gasteiger partial charge in [0.05, 0.1) is 5.69 Å². The number of rotatable bonds is 2. The summed E-state index contributed by atoms with van der Waals surface area (Å²) in [5, 5.41) is 0. The van der Waals surface area contributed by atoms with E-state index in [1.807, 2.05) is 18.2 Å². The van der Waals surface area contributed by atoms with E-state index >= 15 is 0 Å². The lowest BCUT2D eigenvalue weighted by Gasteiger charge is -1.90. The molecular weight excluding hydrogens is 166 g/mol. The maximum Gasteiger partial charge on any atom is 0.245 e. The highest BCUT2D eigenvalue weighted by molar-refractivity contribution is 5.45. The third-order valence-corrected chi connectivity index (χ3v) is 1.64. The number of nitrogens with two attached hydrogens (primary N) is 1. The molecule has 0 unspecified atom stereocenters. The minimum absolute atomic E-state index is 0.385. The van der Waals surface area contributed by atoms with Crippen molar-refractivity contribution in [2.45, 2.75) is 6.54 Å². The standard InChI is InChI=1S/C9H9N3O/c10-5-7-6-13-9(12-7)8-3-1-2-4-11-8/h1-4,6H,5,10H2. The van der Waals surface area contributed by atoms with E-state index in [2.05, 4.69) is 9.97 Å². The molecule has 2 aromatic heterocycles. The van der Waals surface area contributed by atoms with Crippen LogP contribution in [0.25, 0.3) is 11.6 Å². The second-order valence-corrected chi connectivity index (χ2v) is 2.56. The fraction of sp³-hybridized carbons (Fsp3) is 0.111. The van der Waals surface area contributed by atoms with Crippen LogP contribution in [-0.4, -0.2) is 9.97 Å². The Morgan fingerprint density at radius 1 is 1.38 bits per heavy atom. The molecule has 4 nitrogen and oxygen atoms in total. The van der Waals surface area contributed by atoms with Crippen LogP contribution in [0.5, 0.6) is 0 Å². The highest BCUT2D eigenvalue weighted by Crippen LogP contribution is 2.14. The first-order valence-corrected chi connectivity index (χ1v) is 3.96. The maximum atomic E-state index is 5.40. The van der Waals surface area contributed by atoms with Crippen molar-refractivity contribution in [1.29, 1.82) is 0 Å². The second kappa shape index (κ2) is 3.37. The zero-order chi connectivity index (χ0) is 9.10. The van der Waals surface area contributed by atoms with Crippen molar-refractivity contribution in [1.82, 2.24) is 9.97 Å². The summed E-state index contributed by atoms with van der Waals surface area (Å²) in [6.45, 7) is 0.385. The van der Waals surface area contributed by atoms with Crippen molar-refractivity contribution in [2.75, 3.05) is 0 Å². The minimum Gasteiger partial charge on any atom is -0.443 e. The van der Waals surface area contributed by atoms with E-state index < -0.39 is 0 Å². The summed E-state index contributed by atoms with van der Waals surface area (Å²) < 4.78 is 5.19. The molecule has 0 aromatic carbocycles. The molecule has 4 heteroatoms. The van der Waals surface area contributed by atoms with Crippen molar-refractivity contribution in [3.05, 3.63) is 36.4 Å². The Hall–Kier alpha value is -1.68. The van der Waals surface area contributed by atoms with E-state index in [0.29, 0.717) is 12.4 Å². The summed E-state index contributed by atoms with van der Waals surface area (Å²) in [7, 11) is 0. The number of nitrogens with zero attached hydrogens (tertiary/aromatic N) is 2. The van der Waals surface area contributed by atoms with Crippen LogP contribution >= 0.6 is 0 Å². The van der Waals surface area contributed by atoms with Gasteiger partial charge in [0.15, 0.2) is 0 Å². The van der Waals surface area contributed by atoms with E-state index in [9.17, 15) is 0 Å². The van der Waals surface area contributed by atoms with Gasteiger partial charge in [0.1, 0.15) is 12.0 Å². The minimum atomic E-state index is 0.385. The zero-order valence-electron chi connectivity index (χ0n) is 6.97. The molecule has 66 valence electrons. The highest BCUT2D eigenvalue weighted by Gasteiger charge is 2.05. The molecule has 0 aliphatic heterocycles. The van der Waals surface area contributed by atoms with Crippen molar-refractivity contribution in [3.8, 4) is 11.6 Å². The third kappa shape index (κ3) is 1.57. The quantitative estimate of drug-likeness (QED) is 0.744. The lowest BCUT2D eigenvalue weighted by Crippen LogP contribution is -1.95. The van der Waals surface area contributed by atoms with Gasteiger partial charge in [-0.3, -0.25) is 4.98 Å². The number of hydrogen-bond donors (Lipinski definition) is 1. The SMILES string of the molecule is NCc1coc(-c2ccccn2)n1. The predicted molar refractivity (Wildman–Crippen MR) is 47.6 cm³/mol. The Bertz CT molecular complexity index is 383. The molecule has 0 aliphatic carbocycles. The van der Waals surface area contributed by atoms with Gasteiger partial charge in [0.25, 0.3) is 0 Å². The van der Waals surface area contributed by atoms with Crippen LogP contribution in [0.4, 0.5) is 0 Å². The number of aromatic nitrogens is 2. The molecule has 0 bridgehead atoms. The molecule has 0 spiro atoms. The van der Waals surface area contributed by atoms with Crippen LogP contribution in [0, 0.1) is 0 Å². The van der Waals surface area contributed by atoms with Gasteiger partial charge in [0, 0.05) is 12.7 Å². The van der Waals surface area contributed by atoms with E-state index in [1.165, 1.54) is 0 Å². The molecule has 0 amide bonds. The lowest BCUT2D eigenvalue weighted by atomic mass is 10.3. The van der Waals surface area contributed by atoms with Gasteiger partial charge in [-0.15, -0.1) is 0 Å². The Morgan fingerprint density at radius 2 is 2.31 bits per heavy atom. The van der Waals surface area contributed by atoms with Gasteiger partial charge < -0.3 is 10.2 Å². The molecule has 0 fully saturated rings. The first-order chi connectivity index (χ1) is 6.40. The number of hydrogen-bond acceptors (Lipinski definition) is 4. The first-order valence-electron chi connectivity index (χ1n) is 3.96. The van der Waals surface area contributed by atoms with E-state index in [1.54, 1.807) is 12.5 Å². The molecule has 2 aromatic rings. The van der Waals surface area contributed by atoms with Gasteiger partial charge in [0.2, 0.25) is 5.89 Å². The summed E-state index contributed by atoms with van der Waals surface area (Å²) in [4.78, 5) is 8.24. The monoisotopic (exact) mass is 175 g/mol. The summed E-state index contributed by atoms with van der Waals surface area (Å²) in [6.07, 6.45) is 3.24. The van der Waals surface area contributed by atoms with Gasteiger partial charge in [-0.25, -0.2) is 4.98 Å². The Labute approximate surface area is 75.4 Å². The van der Waals surface area contributed by atoms with E-state index in [-0.39, 0.29) is 0 Å². The zero-order valence-corrected chi connectivity index (χ0v) is 6.97. The van der Waals surface area contributed by atoms with E-state index in [4.69, 9.17) is 10.2 Å². The molecule has 2 heterocycles. The Morgan fingerprint density at radius 3 is 2.92 bits per heavy atom. The van der Waals surface area contributed by atoms with Gasteiger partial charge in [-0.1, -0.05) is 6.07 Å². The fourth-order valence-electron chi connectivity index (χ4n) is 1.01. The molecule has 2 rings (SSSR count). The maximum absolute atomic E-state index is 5.40. The molecule has 13 heavy (non-hydrogen) atoms. The van der Waals surface area contributed by atoms with Gasteiger partial charge in [-0.2, -0.15) is 0 Å². The van der Waals surface area contributed by atoms with Gasteiger partial charge in [-0.05, 0) is 12.1 Å². The molecule has 0 atom stereocenters. The average molecular weight is 175 g/mol. The summed E-state index contributed by atoms with van der Waals surface area (Å²) >= 11 is 0. The number of pyridine rings is 1. The van der Waals surface area contributed by atoms with Crippen molar-refractivity contribution >= 4 is 0 Å².